The summed E-state index contributed by atoms with van der Waals surface area (Å²) >= 11 is 0. The molecule has 0 unspecified atom stereocenters. The maximum Gasteiger partial charge on any atom is 0.303 e. The standard InChI is InChI=1S/C36H55NO6/c1-36(2,3)20-21-40-22-23-41-24-25-42-26-27-43-33-18-15-29(16-19-33)31(28-35(38)39)11-6-4-5-7-12-32-17-14-30-10-8-9-13-34(30)37-32/h14-19,31H,4-13,20-28H2,1-3H3,(H,38,39)/t31-/m0/s1. The van der Waals surface area contributed by atoms with Crippen LogP contribution in [0.1, 0.15) is 107 Å². The number of aromatic nitrogens is 1. The van der Waals surface area contributed by atoms with Gasteiger partial charge in [-0.15, -0.1) is 0 Å². The minimum absolute atomic E-state index is 0.0149. The van der Waals surface area contributed by atoms with Gasteiger partial charge in [0.2, 0.25) is 0 Å². The number of unbranched alkanes of at least 4 members (excludes halogenated alkanes) is 3. The van der Waals surface area contributed by atoms with E-state index in [1.807, 2.05) is 24.3 Å². The minimum Gasteiger partial charge on any atom is -0.491 e. The zero-order valence-corrected chi connectivity index (χ0v) is 26.9. The molecule has 3 rings (SSSR count). The molecular weight excluding hydrogens is 542 g/mol. The fourth-order valence-corrected chi connectivity index (χ4v) is 5.39. The van der Waals surface area contributed by atoms with E-state index < -0.39 is 5.97 Å². The topological polar surface area (TPSA) is 87.1 Å². The summed E-state index contributed by atoms with van der Waals surface area (Å²) in [5.74, 6) is 0.0277. The smallest absolute Gasteiger partial charge is 0.303 e. The highest BCUT2D eigenvalue weighted by atomic mass is 16.6. The Balaban J connectivity index is 1.24. The Hall–Kier alpha value is -2.48. The maximum atomic E-state index is 11.5. The Morgan fingerprint density at radius 2 is 1.47 bits per heavy atom. The van der Waals surface area contributed by atoms with Gasteiger partial charge in [-0.05, 0) is 92.0 Å². The quantitative estimate of drug-likeness (QED) is 0.140. The third-order valence-electron chi connectivity index (χ3n) is 7.98. The van der Waals surface area contributed by atoms with Gasteiger partial charge in [0.1, 0.15) is 12.4 Å². The van der Waals surface area contributed by atoms with Gasteiger partial charge in [0, 0.05) is 18.0 Å². The maximum absolute atomic E-state index is 11.5. The number of ether oxygens (including phenoxy) is 4. The summed E-state index contributed by atoms with van der Waals surface area (Å²) in [7, 11) is 0. The predicted octanol–water partition coefficient (Wildman–Crippen LogP) is 7.58. The number of hydrogen-bond acceptors (Lipinski definition) is 6. The Bertz CT molecular complexity index is 1050. The summed E-state index contributed by atoms with van der Waals surface area (Å²) in [5, 5.41) is 9.49. The van der Waals surface area contributed by atoms with Crippen LogP contribution >= 0.6 is 0 Å². The van der Waals surface area contributed by atoms with Crippen LogP contribution in [-0.4, -0.2) is 62.3 Å². The van der Waals surface area contributed by atoms with Crippen molar-refractivity contribution in [1.29, 1.82) is 0 Å². The molecule has 0 aliphatic heterocycles. The lowest BCUT2D eigenvalue weighted by molar-refractivity contribution is -0.137. The molecule has 0 fully saturated rings. The van der Waals surface area contributed by atoms with E-state index in [0.29, 0.717) is 45.1 Å². The number of fused-ring (bicyclic) bond motifs is 1. The number of pyridine rings is 1. The highest BCUT2D eigenvalue weighted by molar-refractivity contribution is 5.68. The van der Waals surface area contributed by atoms with Crippen molar-refractivity contribution in [2.24, 2.45) is 5.41 Å². The molecule has 0 amide bonds. The van der Waals surface area contributed by atoms with Gasteiger partial charge in [0.25, 0.3) is 0 Å². The molecule has 0 spiro atoms. The molecule has 1 N–H and O–H groups in total. The number of carbonyl (C=O) groups is 1. The van der Waals surface area contributed by atoms with E-state index in [0.717, 1.165) is 69.3 Å². The molecule has 7 nitrogen and oxygen atoms in total. The van der Waals surface area contributed by atoms with Crippen LogP contribution in [0.3, 0.4) is 0 Å². The van der Waals surface area contributed by atoms with Gasteiger partial charge >= 0.3 is 5.97 Å². The van der Waals surface area contributed by atoms with Gasteiger partial charge in [0.05, 0.1) is 39.5 Å². The molecule has 1 atom stereocenters. The summed E-state index contributed by atoms with van der Waals surface area (Å²) in [5.41, 5.74) is 5.33. The molecule has 0 radical (unpaired) electrons. The Morgan fingerprint density at radius 1 is 0.814 bits per heavy atom. The molecule has 1 aromatic carbocycles. The summed E-state index contributed by atoms with van der Waals surface area (Å²) < 4.78 is 22.5. The number of hydrogen-bond donors (Lipinski definition) is 1. The average Bonchev–Trinajstić information content (AvgIpc) is 2.98. The van der Waals surface area contributed by atoms with E-state index in [9.17, 15) is 9.90 Å². The van der Waals surface area contributed by atoms with Gasteiger partial charge in [-0.1, -0.05) is 58.2 Å². The first-order chi connectivity index (χ1) is 20.8. The molecule has 0 saturated carbocycles. The summed E-state index contributed by atoms with van der Waals surface area (Å²) in [6, 6.07) is 12.3. The lowest BCUT2D eigenvalue weighted by Gasteiger charge is -2.17. The highest BCUT2D eigenvalue weighted by Gasteiger charge is 2.16. The molecule has 1 aromatic heterocycles. The summed E-state index contributed by atoms with van der Waals surface area (Å²) in [6.45, 7) is 10.6. The van der Waals surface area contributed by atoms with Crippen molar-refractivity contribution in [2.75, 3.05) is 46.2 Å². The van der Waals surface area contributed by atoms with Crippen molar-refractivity contribution in [1.82, 2.24) is 4.98 Å². The molecule has 1 aliphatic rings. The molecule has 7 heteroatoms. The first kappa shape index (κ1) is 35.0. The van der Waals surface area contributed by atoms with Crippen molar-refractivity contribution in [3.05, 3.63) is 58.9 Å². The van der Waals surface area contributed by atoms with Crippen LogP contribution in [-0.2, 0) is 38.3 Å². The van der Waals surface area contributed by atoms with Crippen LogP contribution in [0.15, 0.2) is 36.4 Å². The first-order valence-electron chi connectivity index (χ1n) is 16.5. The number of carboxylic acids is 1. The van der Waals surface area contributed by atoms with Gasteiger partial charge in [-0.25, -0.2) is 0 Å². The average molecular weight is 598 g/mol. The van der Waals surface area contributed by atoms with Gasteiger partial charge < -0.3 is 24.1 Å². The normalized spacial score (nSPS) is 13.9. The fraction of sp³-hybridized carbons (Fsp3) is 0.667. The molecule has 1 aliphatic carbocycles. The number of benzene rings is 1. The lowest BCUT2D eigenvalue weighted by Crippen LogP contribution is -2.14. The number of rotatable bonds is 22. The molecule has 0 bridgehead atoms. The summed E-state index contributed by atoms with van der Waals surface area (Å²) in [4.78, 5) is 16.4. The van der Waals surface area contributed by atoms with Crippen molar-refractivity contribution in [3.63, 3.8) is 0 Å². The first-order valence-corrected chi connectivity index (χ1v) is 16.5. The second-order valence-electron chi connectivity index (χ2n) is 12.9. The van der Waals surface area contributed by atoms with Gasteiger partial charge in [-0.2, -0.15) is 0 Å². The van der Waals surface area contributed by atoms with Crippen molar-refractivity contribution in [2.45, 2.75) is 104 Å². The van der Waals surface area contributed by atoms with E-state index in [1.54, 1.807) is 0 Å². The zero-order valence-electron chi connectivity index (χ0n) is 26.9. The number of nitrogens with zero attached hydrogens (tertiary/aromatic N) is 1. The van der Waals surface area contributed by atoms with E-state index in [-0.39, 0.29) is 12.3 Å². The van der Waals surface area contributed by atoms with Crippen molar-refractivity contribution in [3.8, 4) is 5.75 Å². The van der Waals surface area contributed by atoms with Crippen LogP contribution < -0.4 is 4.74 Å². The zero-order chi connectivity index (χ0) is 30.8. The summed E-state index contributed by atoms with van der Waals surface area (Å²) in [6.07, 6.45) is 12.4. The third-order valence-corrected chi connectivity index (χ3v) is 7.98. The van der Waals surface area contributed by atoms with E-state index in [2.05, 4.69) is 32.9 Å². The minimum atomic E-state index is -0.752. The molecule has 1 heterocycles. The van der Waals surface area contributed by atoms with Crippen molar-refractivity contribution < 1.29 is 28.8 Å². The van der Waals surface area contributed by atoms with Crippen molar-refractivity contribution >= 4 is 5.97 Å². The second kappa shape index (κ2) is 19.7. The second-order valence-corrected chi connectivity index (χ2v) is 12.9. The van der Waals surface area contributed by atoms with E-state index in [1.165, 1.54) is 36.2 Å². The van der Waals surface area contributed by atoms with E-state index in [4.69, 9.17) is 23.9 Å². The molecular formula is C36H55NO6. The predicted molar refractivity (Wildman–Crippen MR) is 171 cm³/mol. The van der Waals surface area contributed by atoms with Crippen LogP contribution in [0.2, 0.25) is 0 Å². The number of aryl methyl sites for hydroxylation is 3. The molecule has 240 valence electrons. The Kier molecular flexibility index (Phi) is 16.1. The van der Waals surface area contributed by atoms with Crippen LogP contribution in [0, 0.1) is 5.41 Å². The van der Waals surface area contributed by atoms with Crippen LogP contribution in [0.4, 0.5) is 0 Å². The Labute approximate surface area is 259 Å². The molecule has 0 saturated heterocycles. The Morgan fingerprint density at radius 3 is 2.16 bits per heavy atom. The largest absolute Gasteiger partial charge is 0.491 e. The number of aliphatic carboxylic acids is 1. The third kappa shape index (κ3) is 15.2. The molecule has 43 heavy (non-hydrogen) atoms. The monoisotopic (exact) mass is 597 g/mol. The van der Waals surface area contributed by atoms with Gasteiger partial charge in [0.15, 0.2) is 0 Å². The fourth-order valence-electron chi connectivity index (χ4n) is 5.39. The number of carboxylic acid groups (broad SMARTS) is 1. The molecule has 2 aromatic rings. The lowest BCUT2D eigenvalue weighted by atomic mass is 9.90. The van der Waals surface area contributed by atoms with E-state index >= 15 is 0 Å². The highest BCUT2D eigenvalue weighted by Crippen LogP contribution is 2.28. The van der Waals surface area contributed by atoms with Crippen LogP contribution in [0.25, 0.3) is 0 Å². The van der Waals surface area contributed by atoms with Gasteiger partial charge in [-0.3, -0.25) is 9.78 Å². The SMILES string of the molecule is CC(C)(C)CCOCCOCCOCCOc1ccc([C@@H](CCCCCCc2ccc3c(n2)CCCC3)CC(=O)O)cc1. The van der Waals surface area contributed by atoms with Crippen LogP contribution in [0.5, 0.6) is 5.75 Å².